The monoisotopic (exact) mass is 358 g/mol. The largest absolute Gasteiger partial charge is 0.0901 e. The lowest BCUT2D eigenvalue weighted by Crippen LogP contribution is -2.09. The maximum Gasteiger partial charge on any atom is -0.0121 e. The summed E-state index contributed by atoms with van der Waals surface area (Å²) in [5.41, 5.74) is 5.13. The first-order valence-corrected chi connectivity index (χ1v) is 11.0. The average Bonchev–Trinajstić information content (AvgIpc) is 2.90. The van der Waals surface area contributed by atoms with Crippen molar-refractivity contribution in [1.82, 2.24) is 0 Å². The zero-order valence-electron chi connectivity index (χ0n) is 16.0. The van der Waals surface area contributed by atoms with Gasteiger partial charge in [-0.15, -0.1) is 0 Å². The lowest BCUT2D eigenvalue weighted by molar-refractivity contribution is 1.30. The lowest BCUT2D eigenvalue weighted by atomic mass is 10.00. The van der Waals surface area contributed by atoms with E-state index in [1.54, 1.807) is 0 Å². The number of benzene rings is 2. The van der Waals surface area contributed by atoms with Crippen LogP contribution in [0, 0.1) is 20.8 Å². The van der Waals surface area contributed by atoms with Crippen molar-refractivity contribution in [3.63, 3.8) is 0 Å². The quantitative estimate of drug-likeness (QED) is 0.530. The number of rotatable bonds is 4. The molecule has 1 atom stereocenters. The first-order chi connectivity index (χ1) is 12.4. The van der Waals surface area contributed by atoms with Crippen molar-refractivity contribution in [1.29, 1.82) is 0 Å². The van der Waals surface area contributed by atoms with Crippen molar-refractivity contribution < 1.29 is 0 Å². The van der Waals surface area contributed by atoms with Crippen molar-refractivity contribution in [2.75, 3.05) is 0 Å². The van der Waals surface area contributed by atoms with E-state index in [0.717, 1.165) is 11.7 Å². The third kappa shape index (κ3) is 3.35. The first-order valence-electron chi connectivity index (χ1n) is 9.05. The van der Waals surface area contributed by atoms with Crippen LogP contribution in [-0.2, 0) is 0 Å². The van der Waals surface area contributed by atoms with Gasteiger partial charge in [0.1, 0.15) is 0 Å². The summed E-state index contributed by atoms with van der Waals surface area (Å²) in [6.07, 6.45) is 16.8. The second kappa shape index (κ2) is 7.52. The highest BCUT2D eigenvalue weighted by Gasteiger charge is 2.27. The van der Waals surface area contributed by atoms with Gasteiger partial charge >= 0.3 is 0 Å². The minimum atomic E-state index is -2.03. The van der Waals surface area contributed by atoms with Crippen LogP contribution < -0.4 is 5.30 Å². The summed E-state index contributed by atoms with van der Waals surface area (Å²) < 4.78 is 0. The molecule has 132 valence electrons. The maximum atomic E-state index is 4.84. The summed E-state index contributed by atoms with van der Waals surface area (Å²) in [6, 6.07) is 15.2. The molecule has 0 radical (unpaired) electrons. The van der Waals surface area contributed by atoms with Crippen molar-refractivity contribution in [3.8, 4) is 0 Å². The van der Waals surface area contributed by atoms with Crippen LogP contribution in [-0.4, -0.2) is 6.30 Å². The highest BCUT2D eigenvalue weighted by Crippen LogP contribution is 2.64. The van der Waals surface area contributed by atoms with Crippen LogP contribution >= 0.6 is 6.89 Å². The zero-order valence-corrected chi connectivity index (χ0v) is 16.9. The Hall–Kier alpha value is -2.30. The smallest absolute Gasteiger partial charge is 0.0121 e. The molecule has 1 unspecified atom stereocenters. The fraction of sp³-hybridized carbons (Fsp3) is 0.160. The van der Waals surface area contributed by atoms with Gasteiger partial charge in [-0.2, -0.15) is 0 Å². The summed E-state index contributed by atoms with van der Waals surface area (Å²) in [4.78, 5) is 0. The van der Waals surface area contributed by atoms with E-state index in [-0.39, 0.29) is 0 Å². The fourth-order valence-corrected chi connectivity index (χ4v) is 6.83. The van der Waals surface area contributed by atoms with Crippen LogP contribution in [0.5, 0.6) is 0 Å². The Morgan fingerprint density at radius 1 is 0.962 bits per heavy atom. The maximum absolute atomic E-state index is 4.84. The standard InChI is InChI=1S/C25H27P/c1-19-17-20(2)25(21(3)18-19)22(4)26(5,24-15-11-8-12-16-24)23-13-9-6-7-10-14-23/h6,8-18H,4-5,7H2,1-3H3. The lowest BCUT2D eigenvalue weighted by Gasteiger charge is -2.31. The molecule has 1 aliphatic rings. The van der Waals surface area contributed by atoms with E-state index in [1.165, 1.54) is 32.9 Å². The minimum Gasteiger partial charge on any atom is -0.0901 e. The van der Waals surface area contributed by atoms with Gasteiger partial charge in [0.2, 0.25) is 0 Å². The van der Waals surface area contributed by atoms with Crippen molar-refractivity contribution in [2.24, 2.45) is 0 Å². The second-order valence-electron chi connectivity index (χ2n) is 7.02. The van der Waals surface area contributed by atoms with E-state index in [0.29, 0.717) is 0 Å². The minimum absolute atomic E-state index is 0.962. The third-order valence-corrected chi connectivity index (χ3v) is 8.53. The molecule has 0 amide bonds. The predicted molar refractivity (Wildman–Crippen MR) is 121 cm³/mol. The molecule has 0 fully saturated rings. The van der Waals surface area contributed by atoms with Gasteiger partial charge < -0.3 is 0 Å². The Bertz CT molecular complexity index is 945. The molecular weight excluding hydrogens is 331 g/mol. The van der Waals surface area contributed by atoms with Crippen LogP contribution in [0.25, 0.3) is 5.31 Å². The van der Waals surface area contributed by atoms with Gasteiger partial charge in [-0.25, -0.2) is 0 Å². The zero-order chi connectivity index (χ0) is 18.7. The van der Waals surface area contributed by atoms with E-state index in [9.17, 15) is 0 Å². The van der Waals surface area contributed by atoms with Crippen LogP contribution in [0.15, 0.2) is 84.7 Å². The summed E-state index contributed by atoms with van der Waals surface area (Å²) in [5.74, 6) is 0. The first kappa shape index (κ1) is 18.5. The average molecular weight is 358 g/mol. The highest BCUT2D eigenvalue weighted by molar-refractivity contribution is 7.93. The van der Waals surface area contributed by atoms with Crippen molar-refractivity contribution in [3.05, 3.63) is 107 Å². The molecule has 2 aromatic rings. The Morgan fingerprint density at radius 3 is 2.27 bits per heavy atom. The SMILES string of the molecule is C=C(c1c(C)cc(C)cc1C)P(=C)(C1=CC=CCC=C1)c1ccccc1. The van der Waals surface area contributed by atoms with E-state index in [2.05, 4.69) is 100 Å². The predicted octanol–water partition coefficient (Wildman–Crippen LogP) is 6.76. The molecule has 0 heterocycles. The highest BCUT2D eigenvalue weighted by atomic mass is 31.2. The van der Waals surface area contributed by atoms with Crippen molar-refractivity contribution in [2.45, 2.75) is 27.2 Å². The van der Waals surface area contributed by atoms with Gasteiger partial charge in [0.25, 0.3) is 0 Å². The molecule has 0 aromatic heterocycles. The van der Waals surface area contributed by atoms with Crippen molar-refractivity contribution >= 4 is 23.8 Å². The molecule has 1 heteroatoms. The molecule has 0 saturated heterocycles. The number of allylic oxidation sites excluding steroid dienone is 6. The van der Waals surface area contributed by atoms with Gasteiger partial charge in [0.05, 0.1) is 0 Å². The number of hydrogen-bond donors (Lipinski definition) is 0. The molecule has 0 aliphatic heterocycles. The normalized spacial score (nSPS) is 15.9. The Morgan fingerprint density at radius 2 is 1.62 bits per heavy atom. The summed E-state index contributed by atoms with van der Waals surface area (Å²) in [7, 11) is 0. The molecule has 26 heavy (non-hydrogen) atoms. The van der Waals surface area contributed by atoms with Gasteiger partial charge in [0.15, 0.2) is 0 Å². The molecule has 0 bridgehead atoms. The van der Waals surface area contributed by atoms with Gasteiger partial charge in [-0.05, 0) is 66.7 Å². The molecule has 3 rings (SSSR count). The molecule has 0 nitrogen and oxygen atoms in total. The number of aryl methyl sites for hydroxylation is 3. The molecule has 0 saturated carbocycles. The van der Waals surface area contributed by atoms with Crippen LogP contribution in [0.1, 0.15) is 28.7 Å². The third-order valence-electron chi connectivity index (χ3n) is 5.03. The summed E-state index contributed by atoms with van der Waals surface area (Å²) in [5, 5.41) is 3.71. The summed E-state index contributed by atoms with van der Waals surface area (Å²) >= 11 is 0. The molecular formula is C25H27P. The van der Waals surface area contributed by atoms with Gasteiger partial charge in [0, 0.05) is 0 Å². The Kier molecular flexibility index (Phi) is 5.35. The molecule has 0 N–H and O–H groups in total. The Labute approximate surface area is 158 Å². The molecule has 0 spiro atoms. The van der Waals surface area contributed by atoms with Crippen LogP contribution in [0.4, 0.5) is 0 Å². The van der Waals surface area contributed by atoms with E-state index in [4.69, 9.17) is 6.30 Å². The molecule has 2 aromatic carbocycles. The summed E-state index contributed by atoms with van der Waals surface area (Å²) in [6.45, 7) is 9.12. The number of hydrogen-bond acceptors (Lipinski definition) is 0. The van der Waals surface area contributed by atoms with E-state index in [1.807, 2.05) is 0 Å². The van der Waals surface area contributed by atoms with Gasteiger partial charge in [-0.1, -0.05) is 91.3 Å². The van der Waals surface area contributed by atoms with E-state index >= 15 is 0 Å². The van der Waals surface area contributed by atoms with Gasteiger partial charge in [-0.3, -0.25) is 0 Å². The van der Waals surface area contributed by atoms with Crippen LogP contribution in [0.3, 0.4) is 0 Å². The second-order valence-corrected chi connectivity index (χ2v) is 10.2. The Balaban J connectivity index is 2.26. The topological polar surface area (TPSA) is 0 Å². The van der Waals surface area contributed by atoms with Crippen LogP contribution in [0.2, 0.25) is 0 Å². The fourth-order valence-electron chi connectivity index (χ4n) is 3.79. The van der Waals surface area contributed by atoms with E-state index < -0.39 is 6.89 Å². The molecule has 1 aliphatic carbocycles.